The van der Waals surface area contributed by atoms with Gasteiger partial charge in [-0.3, -0.25) is 9.78 Å². The Morgan fingerprint density at radius 3 is 2.75 bits per heavy atom. The molecule has 0 saturated carbocycles. The minimum Gasteiger partial charge on any atom is -0.381 e. The highest BCUT2D eigenvalue weighted by atomic mass is 35.5. The Morgan fingerprint density at radius 1 is 1.32 bits per heavy atom. The number of benzene rings is 1. The van der Waals surface area contributed by atoms with Crippen molar-refractivity contribution in [3.8, 4) is 0 Å². The molecule has 0 spiro atoms. The average Bonchev–Trinajstić information content (AvgIpc) is 3.16. The first-order chi connectivity index (χ1) is 13.2. The lowest BCUT2D eigenvalue weighted by atomic mass is 10.1. The maximum absolute atomic E-state index is 14.3. The highest BCUT2D eigenvalue weighted by Gasteiger charge is 2.34. The molecule has 1 atom stereocenters. The Morgan fingerprint density at radius 2 is 2.11 bits per heavy atom. The van der Waals surface area contributed by atoms with Crippen LogP contribution in [0.4, 0.5) is 28.9 Å². The maximum Gasteiger partial charge on any atom is 0.418 e. The third-order valence-electron chi connectivity index (χ3n) is 4.21. The molecule has 150 valence electrons. The number of halogens is 5. The molecule has 0 bridgehead atoms. The number of rotatable bonds is 5. The molecule has 1 aliphatic heterocycles. The summed E-state index contributed by atoms with van der Waals surface area (Å²) in [4.78, 5) is 15.8. The molecule has 0 aliphatic carbocycles. The van der Waals surface area contributed by atoms with E-state index in [1.807, 2.05) is 0 Å². The van der Waals surface area contributed by atoms with E-state index in [1.54, 1.807) is 0 Å². The maximum atomic E-state index is 14.3. The molecule has 3 rings (SSSR count). The summed E-state index contributed by atoms with van der Waals surface area (Å²) in [5.74, 6) is -1.28. The average molecular weight is 418 g/mol. The molecular formula is C18H16ClF4N3O2. The molecule has 0 radical (unpaired) electrons. The third-order valence-corrected chi connectivity index (χ3v) is 4.45. The monoisotopic (exact) mass is 417 g/mol. The van der Waals surface area contributed by atoms with E-state index >= 15 is 0 Å². The summed E-state index contributed by atoms with van der Waals surface area (Å²) in [6.45, 7) is 0.707. The zero-order chi connectivity index (χ0) is 20.3. The van der Waals surface area contributed by atoms with Gasteiger partial charge in [0.1, 0.15) is 5.82 Å². The van der Waals surface area contributed by atoms with Crippen LogP contribution in [0.2, 0.25) is 5.02 Å². The van der Waals surface area contributed by atoms with Crippen molar-refractivity contribution in [2.45, 2.75) is 19.1 Å². The van der Waals surface area contributed by atoms with Gasteiger partial charge in [-0.1, -0.05) is 11.6 Å². The van der Waals surface area contributed by atoms with Gasteiger partial charge in [-0.05, 0) is 24.6 Å². The second-order valence-electron chi connectivity index (χ2n) is 6.24. The number of anilines is 2. The molecule has 2 N–H and O–H groups in total. The molecule has 2 aromatic rings. The van der Waals surface area contributed by atoms with Gasteiger partial charge in [-0.2, -0.15) is 13.2 Å². The number of pyridine rings is 1. The lowest BCUT2D eigenvalue weighted by molar-refractivity contribution is -0.137. The van der Waals surface area contributed by atoms with E-state index in [0.717, 1.165) is 18.2 Å². The number of aromatic nitrogens is 1. The highest BCUT2D eigenvalue weighted by Crippen LogP contribution is 2.37. The van der Waals surface area contributed by atoms with Gasteiger partial charge in [0.05, 0.1) is 47.9 Å². The summed E-state index contributed by atoms with van der Waals surface area (Å²) in [6, 6.07) is 4.24. The van der Waals surface area contributed by atoms with Crippen LogP contribution in [0.15, 0.2) is 30.5 Å². The minimum atomic E-state index is -4.63. The zero-order valence-electron chi connectivity index (χ0n) is 14.4. The number of amides is 1. The van der Waals surface area contributed by atoms with Crippen LogP contribution in [0.25, 0.3) is 0 Å². The molecule has 1 aliphatic rings. The number of hydrogen-bond donors (Lipinski definition) is 2. The fourth-order valence-electron chi connectivity index (χ4n) is 2.74. The second-order valence-corrected chi connectivity index (χ2v) is 6.68. The first-order valence-corrected chi connectivity index (χ1v) is 8.75. The summed E-state index contributed by atoms with van der Waals surface area (Å²) in [7, 11) is 0. The van der Waals surface area contributed by atoms with Gasteiger partial charge < -0.3 is 15.4 Å². The predicted molar refractivity (Wildman–Crippen MR) is 94.7 cm³/mol. The standard InChI is InChI=1S/C18H16ClF4N3O2/c19-11-1-2-15(13(5-11)18(21,22)23)26-12-6-14(20)16(24-7-12)8-25-17(27)10-3-4-28-9-10/h1-2,5-7,10,26H,3-4,8-9H2,(H,25,27). The smallest absolute Gasteiger partial charge is 0.381 e. The predicted octanol–water partition coefficient (Wildman–Crippen LogP) is 4.29. The van der Waals surface area contributed by atoms with E-state index in [9.17, 15) is 22.4 Å². The van der Waals surface area contributed by atoms with Crippen LogP contribution in [0, 0.1) is 11.7 Å². The van der Waals surface area contributed by atoms with Gasteiger partial charge in [0.15, 0.2) is 0 Å². The fraction of sp³-hybridized carbons (Fsp3) is 0.333. The van der Waals surface area contributed by atoms with Crippen LogP contribution in [-0.2, 0) is 22.3 Å². The van der Waals surface area contributed by atoms with Crippen LogP contribution in [0.5, 0.6) is 0 Å². The van der Waals surface area contributed by atoms with E-state index in [4.69, 9.17) is 16.3 Å². The molecule has 1 aromatic heterocycles. The Hall–Kier alpha value is -2.39. The first-order valence-electron chi connectivity index (χ1n) is 8.37. The SMILES string of the molecule is O=C(NCc1ncc(Nc2ccc(Cl)cc2C(F)(F)F)cc1F)C1CCOC1. The molecule has 1 aromatic carbocycles. The van der Waals surface area contributed by atoms with Gasteiger partial charge >= 0.3 is 6.18 Å². The van der Waals surface area contributed by atoms with Gasteiger partial charge in [-0.15, -0.1) is 0 Å². The van der Waals surface area contributed by atoms with Crippen LogP contribution >= 0.6 is 11.6 Å². The lowest BCUT2D eigenvalue weighted by Gasteiger charge is -2.15. The minimum absolute atomic E-state index is 0.0232. The fourth-order valence-corrected chi connectivity index (χ4v) is 2.91. The van der Waals surface area contributed by atoms with E-state index in [2.05, 4.69) is 15.6 Å². The number of hydrogen-bond acceptors (Lipinski definition) is 4. The van der Waals surface area contributed by atoms with Crippen molar-refractivity contribution in [2.24, 2.45) is 5.92 Å². The van der Waals surface area contributed by atoms with E-state index in [0.29, 0.717) is 19.6 Å². The molecular weight excluding hydrogens is 402 g/mol. The van der Waals surface area contributed by atoms with Crippen molar-refractivity contribution >= 4 is 28.9 Å². The molecule has 1 unspecified atom stereocenters. The quantitative estimate of drug-likeness (QED) is 0.712. The van der Waals surface area contributed by atoms with Gasteiger partial charge in [0.2, 0.25) is 5.91 Å². The number of ether oxygens (including phenoxy) is 1. The summed E-state index contributed by atoms with van der Waals surface area (Å²) < 4.78 is 58.8. The molecule has 1 fully saturated rings. The zero-order valence-corrected chi connectivity index (χ0v) is 15.2. The Kier molecular flexibility index (Phi) is 6.04. The van der Waals surface area contributed by atoms with Crippen LogP contribution in [-0.4, -0.2) is 24.1 Å². The van der Waals surface area contributed by atoms with E-state index in [-0.39, 0.29) is 40.5 Å². The lowest BCUT2D eigenvalue weighted by Crippen LogP contribution is -2.31. The summed E-state index contributed by atoms with van der Waals surface area (Å²) in [5, 5.41) is 5.01. The van der Waals surface area contributed by atoms with Crippen molar-refractivity contribution in [1.29, 1.82) is 0 Å². The van der Waals surface area contributed by atoms with Gasteiger partial charge in [0.25, 0.3) is 0 Å². The molecule has 10 heteroatoms. The van der Waals surface area contributed by atoms with Crippen molar-refractivity contribution in [2.75, 3.05) is 18.5 Å². The van der Waals surface area contributed by atoms with Crippen LogP contribution < -0.4 is 10.6 Å². The molecule has 28 heavy (non-hydrogen) atoms. The summed E-state index contributed by atoms with van der Waals surface area (Å²) in [6.07, 6.45) is -2.83. The van der Waals surface area contributed by atoms with Gasteiger partial charge in [-0.25, -0.2) is 4.39 Å². The van der Waals surface area contributed by atoms with Crippen LogP contribution in [0.3, 0.4) is 0 Å². The second kappa shape index (κ2) is 8.32. The summed E-state index contributed by atoms with van der Waals surface area (Å²) >= 11 is 5.64. The largest absolute Gasteiger partial charge is 0.418 e. The topological polar surface area (TPSA) is 63.2 Å². The van der Waals surface area contributed by atoms with E-state index in [1.165, 1.54) is 12.3 Å². The van der Waals surface area contributed by atoms with Crippen molar-refractivity contribution < 1.29 is 27.1 Å². The Labute approximate surface area is 163 Å². The van der Waals surface area contributed by atoms with E-state index < -0.39 is 17.6 Å². The summed E-state index contributed by atoms with van der Waals surface area (Å²) in [5.41, 5.74) is -1.24. The molecule has 1 saturated heterocycles. The third kappa shape index (κ3) is 4.90. The number of carbonyl (C=O) groups is 1. The number of carbonyl (C=O) groups excluding carboxylic acids is 1. The Balaban J connectivity index is 1.70. The number of nitrogens with one attached hydrogen (secondary N) is 2. The van der Waals surface area contributed by atoms with Crippen molar-refractivity contribution in [3.63, 3.8) is 0 Å². The van der Waals surface area contributed by atoms with Crippen molar-refractivity contribution in [3.05, 3.63) is 52.6 Å². The Bertz CT molecular complexity index is 870. The van der Waals surface area contributed by atoms with Crippen LogP contribution in [0.1, 0.15) is 17.7 Å². The number of alkyl halides is 3. The molecule has 1 amide bonds. The normalized spacial score (nSPS) is 16.8. The molecule has 5 nitrogen and oxygen atoms in total. The number of nitrogens with zero attached hydrogens (tertiary/aromatic N) is 1. The van der Waals surface area contributed by atoms with Gasteiger partial charge in [0, 0.05) is 17.7 Å². The van der Waals surface area contributed by atoms with Crippen molar-refractivity contribution in [1.82, 2.24) is 10.3 Å². The highest BCUT2D eigenvalue weighted by molar-refractivity contribution is 6.30. The molecule has 2 heterocycles. The first kappa shape index (κ1) is 20.3.